The molecule has 0 bridgehead atoms. The van der Waals surface area contributed by atoms with Crippen molar-refractivity contribution in [1.82, 2.24) is 10.6 Å². The Hall–Kier alpha value is -2.98. The highest BCUT2D eigenvalue weighted by atomic mass is 16.4. The quantitative estimate of drug-likeness (QED) is 0.332. The minimum atomic E-state index is -1.49. The molecule has 0 aliphatic carbocycles. The summed E-state index contributed by atoms with van der Waals surface area (Å²) in [5, 5.41) is 40.9. The molecule has 1 aromatic carbocycles. The number of hydrogen-bond acceptors (Lipinski definition) is 6. The Bertz CT molecular complexity index is 625. The Balaban J connectivity index is 2.84. The summed E-state index contributed by atoms with van der Waals surface area (Å²) in [6, 6.07) is 1.97. The summed E-state index contributed by atoms with van der Waals surface area (Å²) < 4.78 is 0. The first-order chi connectivity index (χ1) is 12.0. The number of aliphatic hydroxyl groups excluding tert-OH is 2. The van der Waals surface area contributed by atoms with Crippen LogP contribution in [0.1, 0.15) is 34.6 Å². The molecule has 0 unspecified atom stereocenters. The van der Waals surface area contributed by atoms with Crippen molar-refractivity contribution in [2.24, 2.45) is 0 Å². The van der Waals surface area contributed by atoms with Crippen LogP contribution in [0.15, 0.2) is 24.3 Å². The molecule has 10 heteroatoms. The van der Waals surface area contributed by atoms with Crippen LogP contribution >= 0.6 is 0 Å². The molecule has 0 saturated carbocycles. The molecule has 0 saturated heterocycles. The van der Waals surface area contributed by atoms with Crippen molar-refractivity contribution in [2.45, 2.75) is 38.1 Å². The van der Waals surface area contributed by atoms with Crippen LogP contribution in [-0.2, 0) is 9.59 Å². The van der Waals surface area contributed by atoms with Gasteiger partial charge >= 0.3 is 11.9 Å². The van der Waals surface area contributed by atoms with E-state index in [9.17, 15) is 29.4 Å². The van der Waals surface area contributed by atoms with Crippen molar-refractivity contribution >= 4 is 23.8 Å². The summed E-state index contributed by atoms with van der Waals surface area (Å²) in [6.45, 7) is 2.43. The van der Waals surface area contributed by atoms with Gasteiger partial charge in [0.25, 0.3) is 11.8 Å². The van der Waals surface area contributed by atoms with Gasteiger partial charge in [0, 0.05) is 11.1 Å². The minimum Gasteiger partial charge on any atom is -0.480 e. The number of nitrogens with one attached hydrogen (secondary N) is 2. The third-order valence-corrected chi connectivity index (χ3v) is 3.48. The fourth-order valence-electron chi connectivity index (χ4n) is 2.00. The third-order valence-electron chi connectivity index (χ3n) is 3.48. The number of amides is 2. The highest BCUT2D eigenvalue weighted by Crippen LogP contribution is 2.07. The van der Waals surface area contributed by atoms with Crippen molar-refractivity contribution in [2.75, 3.05) is 0 Å². The number of carbonyl (C=O) groups is 4. The highest BCUT2D eigenvalue weighted by molar-refractivity contribution is 6.00. The van der Waals surface area contributed by atoms with Crippen LogP contribution < -0.4 is 10.6 Å². The topological polar surface area (TPSA) is 173 Å². The van der Waals surface area contributed by atoms with Gasteiger partial charge in [0.15, 0.2) is 12.1 Å². The molecule has 4 atom stereocenters. The van der Waals surface area contributed by atoms with Gasteiger partial charge in [-0.25, -0.2) is 9.59 Å². The Morgan fingerprint density at radius 2 is 1.00 bits per heavy atom. The monoisotopic (exact) mass is 368 g/mol. The van der Waals surface area contributed by atoms with Gasteiger partial charge in [-0.15, -0.1) is 0 Å². The minimum absolute atomic E-state index is 0.0405. The van der Waals surface area contributed by atoms with Crippen molar-refractivity contribution < 1.29 is 39.6 Å². The fourth-order valence-corrected chi connectivity index (χ4v) is 2.00. The molecule has 0 spiro atoms. The van der Waals surface area contributed by atoms with Crippen molar-refractivity contribution in [3.05, 3.63) is 35.4 Å². The molecule has 2 amide bonds. The number of hydrogen-bond donors (Lipinski definition) is 6. The maximum absolute atomic E-state index is 12.0. The number of carboxylic acid groups (broad SMARTS) is 2. The first-order valence-electron chi connectivity index (χ1n) is 7.58. The summed E-state index contributed by atoms with van der Waals surface area (Å²) in [5.74, 6) is -4.33. The van der Waals surface area contributed by atoms with Gasteiger partial charge in [0.1, 0.15) is 0 Å². The number of benzene rings is 1. The first kappa shape index (κ1) is 21.1. The van der Waals surface area contributed by atoms with E-state index in [4.69, 9.17) is 10.2 Å². The average Bonchev–Trinajstić information content (AvgIpc) is 2.55. The van der Waals surface area contributed by atoms with Gasteiger partial charge < -0.3 is 31.1 Å². The maximum atomic E-state index is 12.0. The number of aliphatic carboxylic acids is 2. The van der Waals surface area contributed by atoms with Crippen molar-refractivity contribution in [3.63, 3.8) is 0 Å². The molecule has 6 N–H and O–H groups in total. The molecule has 10 nitrogen and oxygen atoms in total. The van der Waals surface area contributed by atoms with Gasteiger partial charge in [0.2, 0.25) is 0 Å². The van der Waals surface area contributed by atoms with Crippen LogP contribution in [0.3, 0.4) is 0 Å². The lowest BCUT2D eigenvalue weighted by Gasteiger charge is -2.18. The SMILES string of the molecule is C[C@@H](O)[C@H](NC(=O)c1ccc(C(=O)N[C@H](C(=O)O)[C@@H](C)O)cc1)C(=O)O. The smallest absolute Gasteiger partial charge is 0.328 e. The molecule has 26 heavy (non-hydrogen) atoms. The van der Waals surface area contributed by atoms with Gasteiger partial charge in [-0.1, -0.05) is 0 Å². The van der Waals surface area contributed by atoms with E-state index >= 15 is 0 Å². The Labute approximate surface area is 148 Å². The number of aliphatic hydroxyl groups is 2. The van der Waals surface area contributed by atoms with Gasteiger partial charge in [-0.2, -0.15) is 0 Å². The zero-order valence-electron chi connectivity index (χ0n) is 14.0. The second-order valence-electron chi connectivity index (χ2n) is 5.64. The highest BCUT2D eigenvalue weighted by Gasteiger charge is 2.27. The fraction of sp³-hybridized carbons (Fsp3) is 0.375. The summed E-state index contributed by atoms with van der Waals surface area (Å²) in [6.07, 6.45) is -2.62. The molecule has 0 aromatic heterocycles. The van der Waals surface area contributed by atoms with Crippen molar-refractivity contribution in [1.29, 1.82) is 0 Å². The van der Waals surface area contributed by atoms with E-state index in [-0.39, 0.29) is 11.1 Å². The van der Waals surface area contributed by atoms with Gasteiger partial charge in [-0.05, 0) is 38.1 Å². The van der Waals surface area contributed by atoms with Crippen LogP contribution in [0, 0.1) is 0 Å². The molecule has 0 aliphatic heterocycles. The van der Waals surface area contributed by atoms with Crippen LogP contribution in [-0.4, -0.2) is 68.5 Å². The van der Waals surface area contributed by atoms with Gasteiger partial charge in [0.05, 0.1) is 12.2 Å². The summed E-state index contributed by atoms with van der Waals surface area (Å²) in [4.78, 5) is 45.9. The second kappa shape index (κ2) is 8.92. The van der Waals surface area contributed by atoms with E-state index < -0.39 is 48.0 Å². The van der Waals surface area contributed by atoms with Crippen LogP contribution in [0.25, 0.3) is 0 Å². The van der Waals surface area contributed by atoms with Crippen LogP contribution in [0.5, 0.6) is 0 Å². The molecule has 142 valence electrons. The first-order valence-corrected chi connectivity index (χ1v) is 7.58. The summed E-state index contributed by atoms with van der Waals surface area (Å²) in [7, 11) is 0. The van der Waals surface area contributed by atoms with E-state index in [1.165, 1.54) is 38.1 Å². The Kier molecular flexibility index (Phi) is 7.23. The molecule has 0 heterocycles. The normalized spacial score (nSPS) is 15.2. The molecule has 0 fully saturated rings. The lowest BCUT2D eigenvalue weighted by Crippen LogP contribution is -2.48. The average molecular weight is 368 g/mol. The van der Waals surface area contributed by atoms with Gasteiger partial charge in [-0.3, -0.25) is 9.59 Å². The zero-order chi connectivity index (χ0) is 20.0. The standard InChI is InChI=1S/C16H20N2O8/c1-7(19)11(15(23)24)17-13(21)9-3-5-10(6-4-9)14(22)18-12(8(2)20)16(25)26/h3-8,11-12,19-20H,1-2H3,(H,17,21)(H,18,22)(H,23,24)(H,25,26)/t7-,8-,11+,12+/m1/s1. The third kappa shape index (κ3) is 5.53. The molecule has 1 rings (SSSR count). The van der Waals surface area contributed by atoms with Crippen molar-refractivity contribution in [3.8, 4) is 0 Å². The summed E-state index contributed by atoms with van der Waals surface area (Å²) in [5.41, 5.74) is 0.0810. The Morgan fingerprint density at radius 1 is 0.731 bits per heavy atom. The Morgan fingerprint density at radius 3 is 1.19 bits per heavy atom. The van der Waals surface area contributed by atoms with E-state index in [2.05, 4.69) is 10.6 Å². The lowest BCUT2D eigenvalue weighted by molar-refractivity contribution is -0.142. The molecular weight excluding hydrogens is 348 g/mol. The van der Waals surface area contributed by atoms with E-state index in [1.54, 1.807) is 0 Å². The molecule has 1 aromatic rings. The largest absolute Gasteiger partial charge is 0.480 e. The van der Waals surface area contributed by atoms with E-state index in [0.29, 0.717) is 0 Å². The maximum Gasteiger partial charge on any atom is 0.328 e. The molecule has 0 radical (unpaired) electrons. The number of rotatable bonds is 8. The number of carboxylic acids is 2. The lowest BCUT2D eigenvalue weighted by atomic mass is 10.1. The predicted molar refractivity (Wildman–Crippen MR) is 87.6 cm³/mol. The molecule has 0 aliphatic rings. The predicted octanol–water partition coefficient (Wildman–Crippen LogP) is -1.19. The van der Waals surface area contributed by atoms with Crippen LogP contribution in [0.2, 0.25) is 0 Å². The second-order valence-corrected chi connectivity index (χ2v) is 5.64. The van der Waals surface area contributed by atoms with E-state index in [1.807, 2.05) is 0 Å². The molecular formula is C16H20N2O8. The van der Waals surface area contributed by atoms with Crippen LogP contribution in [0.4, 0.5) is 0 Å². The zero-order valence-corrected chi connectivity index (χ0v) is 14.0. The number of carbonyl (C=O) groups excluding carboxylic acids is 2. The van der Waals surface area contributed by atoms with E-state index in [0.717, 1.165) is 0 Å². The summed E-state index contributed by atoms with van der Waals surface area (Å²) >= 11 is 0.